The van der Waals surface area contributed by atoms with Crippen LogP contribution in [0.2, 0.25) is 0 Å². The second kappa shape index (κ2) is 3.01. The van der Waals surface area contributed by atoms with Crippen molar-refractivity contribution in [2.45, 2.75) is 53.1 Å². The molecule has 0 saturated heterocycles. The van der Waals surface area contributed by atoms with Gasteiger partial charge in [0.15, 0.2) is 0 Å². The Labute approximate surface area is 87.5 Å². The van der Waals surface area contributed by atoms with Gasteiger partial charge in [-0.1, -0.05) is 26.8 Å². The number of rotatable bonds is 2. The van der Waals surface area contributed by atoms with Gasteiger partial charge in [-0.2, -0.15) is 0 Å². The molecule has 2 fully saturated rings. The van der Waals surface area contributed by atoms with Gasteiger partial charge in [-0.25, -0.2) is 0 Å². The van der Waals surface area contributed by atoms with E-state index in [-0.39, 0.29) is 0 Å². The van der Waals surface area contributed by atoms with E-state index in [1.165, 1.54) is 19.3 Å². The van der Waals surface area contributed by atoms with E-state index in [2.05, 4.69) is 20.8 Å². The van der Waals surface area contributed by atoms with Crippen molar-refractivity contribution in [3.63, 3.8) is 0 Å². The molecule has 2 aliphatic rings. The molecule has 1 nitrogen and oxygen atoms in total. The SMILES string of the molecule is C/C=C\O[C@@H]1C(C)(C)[C@@H]2CC[C@@]1(C)C2. The van der Waals surface area contributed by atoms with E-state index in [1.54, 1.807) is 0 Å². The summed E-state index contributed by atoms with van der Waals surface area (Å²) >= 11 is 0. The van der Waals surface area contributed by atoms with Crippen LogP contribution < -0.4 is 0 Å². The van der Waals surface area contributed by atoms with Gasteiger partial charge in [0.1, 0.15) is 6.10 Å². The van der Waals surface area contributed by atoms with E-state index in [1.807, 2.05) is 19.3 Å². The second-order valence-corrected chi connectivity index (χ2v) is 5.90. The summed E-state index contributed by atoms with van der Waals surface area (Å²) in [6.45, 7) is 9.16. The molecule has 0 aliphatic heterocycles. The summed E-state index contributed by atoms with van der Waals surface area (Å²) in [6, 6.07) is 0. The molecule has 2 saturated carbocycles. The fraction of sp³-hybridized carbons (Fsp3) is 0.846. The smallest absolute Gasteiger partial charge is 0.108 e. The van der Waals surface area contributed by atoms with Crippen LogP contribution in [0.4, 0.5) is 0 Å². The first-order valence-corrected chi connectivity index (χ1v) is 5.77. The van der Waals surface area contributed by atoms with E-state index in [9.17, 15) is 0 Å². The summed E-state index contributed by atoms with van der Waals surface area (Å²) in [5.74, 6) is 0.878. The largest absolute Gasteiger partial charge is 0.497 e. The monoisotopic (exact) mass is 194 g/mol. The number of allylic oxidation sites excluding steroid dienone is 1. The number of hydrogen-bond acceptors (Lipinski definition) is 1. The maximum Gasteiger partial charge on any atom is 0.108 e. The van der Waals surface area contributed by atoms with Crippen molar-refractivity contribution in [2.75, 3.05) is 0 Å². The fourth-order valence-corrected chi connectivity index (χ4v) is 3.75. The minimum atomic E-state index is 0.368. The Kier molecular flexibility index (Phi) is 2.17. The first-order valence-electron chi connectivity index (χ1n) is 5.77. The predicted molar refractivity (Wildman–Crippen MR) is 58.9 cm³/mol. The van der Waals surface area contributed by atoms with Crippen molar-refractivity contribution >= 4 is 0 Å². The molecule has 0 aromatic carbocycles. The van der Waals surface area contributed by atoms with Gasteiger partial charge in [0, 0.05) is 10.8 Å². The predicted octanol–water partition coefficient (Wildman–Crippen LogP) is 3.75. The lowest BCUT2D eigenvalue weighted by atomic mass is 9.70. The van der Waals surface area contributed by atoms with Crippen LogP contribution in [0.5, 0.6) is 0 Å². The van der Waals surface area contributed by atoms with Crippen LogP contribution in [-0.4, -0.2) is 6.10 Å². The average Bonchev–Trinajstić information content (AvgIpc) is 2.55. The molecule has 0 radical (unpaired) electrons. The molecule has 0 unspecified atom stereocenters. The minimum Gasteiger partial charge on any atom is -0.497 e. The Morgan fingerprint density at radius 2 is 2.00 bits per heavy atom. The van der Waals surface area contributed by atoms with Crippen molar-refractivity contribution in [2.24, 2.45) is 16.7 Å². The quantitative estimate of drug-likeness (QED) is 0.608. The van der Waals surface area contributed by atoms with Crippen LogP contribution >= 0.6 is 0 Å². The molecule has 2 bridgehead atoms. The number of hydrogen-bond donors (Lipinski definition) is 0. The van der Waals surface area contributed by atoms with Crippen molar-refractivity contribution < 1.29 is 4.74 Å². The zero-order valence-electron chi connectivity index (χ0n) is 9.84. The third kappa shape index (κ3) is 1.21. The van der Waals surface area contributed by atoms with Gasteiger partial charge in [0.05, 0.1) is 6.26 Å². The van der Waals surface area contributed by atoms with Gasteiger partial charge in [-0.3, -0.25) is 0 Å². The van der Waals surface area contributed by atoms with E-state index >= 15 is 0 Å². The highest BCUT2D eigenvalue weighted by molar-refractivity contribution is 5.10. The standard InChI is InChI=1S/C13H22O/c1-5-8-14-11-12(2,3)10-6-7-13(11,4)9-10/h5,8,10-11H,6-7,9H2,1-4H3/b8-5-/t10-,11-,13+/m1/s1. The van der Waals surface area contributed by atoms with E-state index in [0.717, 1.165) is 5.92 Å². The molecule has 0 N–H and O–H groups in total. The lowest BCUT2D eigenvalue weighted by molar-refractivity contribution is -0.0441. The molecule has 0 spiro atoms. The van der Waals surface area contributed by atoms with Crippen LogP contribution in [0, 0.1) is 16.7 Å². The molecule has 3 atom stereocenters. The highest BCUT2D eigenvalue weighted by Crippen LogP contribution is 2.63. The minimum absolute atomic E-state index is 0.368. The molecule has 80 valence electrons. The first-order chi connectivity index (χ1) is 6.50. The van der Waals surface area contributed by atoms with Crippen molar-refractivity contribution in [1.82, 2.24) is 0 Å². The third-order valence-electron chi connectivity index (χ3n) is 4.49. The number of fused-ring (bicyclic) bond motifs is 2. The van der Waals surface area contributed by atoms with Crippen LogP contribution in [0.3, 0.4) is 0 Å². The molecule has 2 aliphatic carbocycles. The van der Waals surface area contributed by atoms with Gasteiger partial charge in [0.2, 0.25) is 0 Å². The Morgan fingerprint density at radius 3 is 2.50 bits per heavy atom. The van der Waals surface area contributed by atoms with Crippen molar-refractivity contribution in [1.29, 1.82) is 0 Å². The van der Waals surface area contributed by atoms with Gasteiger partial charge in [-0.05, 0) is 32.1 Å². The molecule has 0 heterocycles. The Morgan fingerprint density at radius 1 is 1.29 bits per heavy atom. The second-order valence-electron chi connectivity index (χ2n) is 5.90. The fourth-order valence-electron chi connectivity index (χ4n) is 3.75. The van der Waals surface area contributed by atoms with E-state index in [0.29, 0.717) is 16.9 Å². The number of ether oxygens (including phenoxy) is 1. The summed E-state index contributed by atoms with van der Waals surface area (Å²) in [5.41, 5.74) is 0.806. The zero-order valence-corrected chi connectivity index (χ0v) is 9.84. The molecular weight excluding hydrogens is 172 g/mol. The highest BCUT2D eigenvalue weighted by Gasteiger charge is 2.60. The summed E-state index contributed by atoms with van der Waals surface area (Å²) in [7, 11) is 0. The van der Waals surface area contributed by atoms with Crippen molar-refractivity contribution in [3.8, 4) is 0 Å². The summed E-state index contributed by atoms with van der Waals surface area (Å²) in [6.07, 6.45) is 8.40. The summed E-state index contributed by atoms with van der Waals surface area (Å²) < 4.78 is 5.92. The Balaban J connectivity index is 2.21. The van der Waals surface area contributed by atoms with E-state index < -0.39 is 0 Å². The molecule has 1 heteroatoms. The van der Waals surface area contributed by atoms with Gasteiger partial charge in [0.25, 0.3) is 0 Å². The van der Waals surface area contributed by atoms with Crippen LogP contribution in [0.25, 0.3) is 0 Å². The molecule has 0 aromatic rings. The van der Waals surface area contributed by atoms with Gasteiger partial charge in [-0.15, -0.1) is 0 Å². The van der Waals surface area contributed by atoms with Gasteiger partial charge < -0.3 is 4.74 Å². The normalized spacial score (nSPS) is 44.9. The molecule has 0 amide bonds. The van der Waals surface area contributed by atoms with Crippen LogP contribution in [0.15, 0.2) is 12.3 Å². The lowest BCUT2D eigenvalue weighted by Crippen LogP contribution is -2.41. The zero-order chi connectivity index (χ0) is 10.4. The Hall–Kier alpha value is -0.460. The maximum atomic E-state index is 5.92. The van der Waals surface area contributed by atoms with Crippen LogP contribution in [-0.2, 0) is 4.74 Å². The van der Waals surface area contributed by atoms with E-state index in [4.69, 9.17) is 4.74 Å². The molecule has 0 aromatic heterocycles. The summed E-state index contributed by atoms with van der Waals surface area (Å²) in [5, 5.41) is 0. The average molecular weight is 194 g/mol. The first kappa shape index (κ1) is 10.1. The Bertz CT molecular complexity index is 249. The molecule has 2 rings (SSSR count). The molecular formula is C13H22O. The van der Waals surface area contributed by atoms with Crippen molar-refractivity contribution in [3.05, 3.63) is 12.3 Å². The summed E-state index contributed by atoms with van der Waals surface area (Å²) in [4.78, 5) is 0. The van der Waals surface area contributed by atoms with Gasteiger partial charge >= 0.3 is 0 Å². The van der Waals surface area contributed by atoms with Crippen LogP contribution in [0.1, 0.15) is 47.0 Å². The third-order valence-corrected chi connectivity index (χ3v) is 4.49. The maximum absolute atomic E-state index is 5.92. The molecule has 14 heavy (non-hydrogen) atoms. The lowest BCUT2D eigenvalue weighted by Gasteiger charge is -2.41. The highest BCUT2D eigenvalue weighted by atomic mass is 16.5. The topological polar surface area (TPSA) is 9.23 Å².